The predicted octanol–water partition coefficient (Wildman–Crippen LogP) is 3.93. The number of carbonyl (C=O) groups excluding carboxylic acids is 1. The Balaban J connectivity index is 1.64. The first-order valence-corrected chi connectivity index (χ1v) is 10.3. The van der Waals surface area contributed by atoms with Gasteiger partial charge in [-0.05, 0) is 55.3 Å². The molecule has 164 valence electrons. The fourth-order valence-electron chi connectivity index (χ4n) is 3.78. The summed E-state index contributed by atoms with van der Waals surface area (Å²) < 4.78 is 20.5. The van der Waals surface area contributed by atoms with Crippen molar-refractivity contribution in [1.29, 1.82) is 5.26 Å². The summed E-state index contributed by atoms with van der Waals surface area (Å²) in [5, 5.41) is 13.9. The number of rotatable bonds is 5. The Morgan fingerprint density at radius 1 is 1.28 bits per heavy atom. The van der Waals surface area contributed by atoms with Crippen LogP contribution in [-0.4, -0.2) is 33.7 Å². The van der Waals surface area contributed by atoms with Crippen molar-refractivity contribution in [2.45, 2.75) is 18.9 Å². The number of nitrogen functional groups attached to an aromatic ring is 1. The molecule has 3 aromatic rings. The number of piperidine rings is 1. The molecule has 32 heavy (non-hydrogen) atoms. The minimum absolute atomic E-state index is 0.134. The minimum Gasteiger partial charge on any atom is -0.456 e. The Labute approximate surface area is 188 Å². The quantitative estimate of drug-likeness (QED) is 0.563. The Hall–Kier alpha value is -3.77. The van der Waals surface area contributed by atoms with Crippen LogP contribution in [0.2, 0.25) is 5.02 Å². The summed E-state index contributed by atoms with van der Waals surface area (Å²) in [5.74, 6) is -0.190. The van der Waals surface area contributed by atoms with Gasteiger partial charge in [0.2, 0.25) is 0 Å². The lowest BCUT2D eigenvalue weighted by atomic mass is 10.1. The van der Waals surface area contributed by atoms with Crippen molar-refractivity contribution in [2.24, 2.45) is 5.73 Å². The fourth-order valence-corrected chi connectivity index (χ4v) is 3.99. The van der Waals surface area contributed by atoms with E-state index in [9.17, 15) is 14.4 Å². The summed E-state index contributed by atoms with van der Waals surface area (Å²) in [5.41, 5.74) is 13.0. The number of anilines is 1. The second kappa shape index (κ2) is 8.77. The van der Waals surface area contributed by atoms with Gasteiger partial charge in [-0.2, -0.15) is 10.4 Å². The molecular formula is C22H20ClFN6O2. The Bertz CT molecular complexity index is 1200. The number of benzene rings is 2. The third kappa shape index (κ3) is 4.18. The molecule has 0 bridgehead atoms. The molecule has 10 heteroatoms. The predicted molar refractivity (Wildman–Crippen MR) is 118 cm³/mol. The summed E-state index contributed by atoms with van der Waals surface area (Å²) in [6, 6.07) is 10.5. The summed E-state index contributed by atoms with van der Waals surface area (Å²) in [6.45, 7) is 1.15. The van der Waals surface area contributed by atoms with Crippen LogP contribution in [0.5, 0.6) is 11.5 Å². The highest BCUT2D eigenvalue weighted by Crippen LogP contribution is 2.34. The maximum atomic E-state index is 13.2. The highest BCUT2D eigenvalue weighted by atomic mass is 35.5. The van der Waals surface area contributed by atoms with Gasteiger partial charge in [-0.1, -0.05) is 11.6 Å². The third-order valence-corrected chi connectivity index (χ3v) is 5.62. The van der Waals surface area contributed by atoms with E-state index in [1.807, 2.05) is 0 Å². The SMILES string of the molecule is N#CN1CCC[C@H](n2nc(-c3ccc(Oc4ccc(F)cc4Cl)cc3)c(C(N)=O)c2N)C1. The van der Waals surface area contributed by atoms with E-state index in [4.69, 9.17) is 27.8 Å². The van der Waals surface area contributed by atoms with E-state index in [0.29, 0.717) is 35.8 Å². The van der Waals surface area contributed by atoms with Crippen LogP contribution in [0.15, 0.2) is 42.5 Å². The highest BCUT2D eigenvalue weighted by molar-refractivity contribution is 6.32. The highest BCUT2D eigenvalue weighted by Gasteiger charge is 2.28. The molecule has 1 fully saturated rings. The number of ether oxygens (including phenoxy) is 1. The molecule has 1 aliphatic rings. The number of nitrogens with zero attached hydrogens (tertiary/aromatic N) is 4. The molecule has 4 rings (SSSR count). The van der Waals surface area contributed by atoms with Crippen LogP contribution in [0.25, 0.3) is 11.3 Å². The second-order valence-corrected chi connectivity index (χ2v) is 7.87. The first kappa shape index (κ1) is 21.5. The van der Waals surface area contributed by atoms with Crippen LogP contribution < -0.4 is 16.2 Å². The van der Waals surface area contributed by atoms with Crippen molar-refractivity contribution < 1.29 is 13.9 Å². The fraction of sp³-hybridized carbons (Fsp3) is 0.227. The Kier molecular flexibility index (Phi) is 5.88. The number of amides is 1. The molecule has 1 atom stereocenters. The summed E-state index contributed by atoms with van der Waals surface area (Å²) in [4.78, 5) is 13.8. The van der Waals surface area contributed by atoms with Crippen LogP contribution in [-0.2, 0) is 0 Å². The van der Waals surface area contributed by atoms with Crippen LogP contribution >= 0.6 is 11.6 Å². The lowest BCUT2D eigenvalue weighted by molar-refractivity contribution is 0.100. The minimum atomic E-state index is -0.685. The van der Waals surface area contributed by atoms with Crippen LogP contribution in [0.3, 0.4) is 0 Å². The molecule has 4 N–H and O–H groups in total. The van der Waals surface area contributed by atoms with Gasteiger partial charge in [0.05, 0.1) is 17.6 Å². The van der Waals surface area contributed by atoms with E-state index in [-0.39, 0.29) is 22.4 Å². The number of aromatic nitrogens is 2. The number of primary amides is 1. The van der Waals surface area contributed by atoms with Crippen molar-refractivity contribution in [3.05, 3.63) is 58.9 Å². The summed E-state index contributed by atoms with van der Waals surface area (Å²) in [6.07, 6.45) is 3.75. The van der Waals surface area contributed by atoms with Crippen molar-refractivity contribution in [3.63, 3.8) is 0 Å². The zero-order valence-corrected chi connectivity index (χ0v) is 17.7. The van der Waals surface area contributed by atoms with Gasteiger partial charge < -0.3 is 21.1 Å². The number of nitrogens with two attached hydrogens (primary N) is 2. The van der Waals surface area contributed by atoms with Gasteiger partial charge in [0, 0.05) is 12.1 Å². The third-order valence-electron chi connectivity index (χ3n) is 5.33. The standard InChI is InChI=1S/C22H20ClFN6O2/c23-17-10-14(24)5-8-18(17)32-16-6-3-13(4-7-16)20-19(22(27)31)21(26)30(28-20)15-2-1-9-29(11-15)12-25/h3-8,10,15H,1-2,9,11,26H2,(H2,27,31)/t15-/m0/s1. The van der Waals surface area contributed by atoms with Gasteiger partial charge in [-0.25, -0.2) is 9.07 Å². The molecule has 1 saturated heterocycles. The molecule has 1 amide bonds. The summed E-state index contributed by atoms with van der Waals surface area (Å²) >= 11 is 6.01. The smallest absolute Gasteiger partial charge is 0.254 e. The zero-order chi connectivity index (χ0) is 22.8. The molecule has 1 aliphatic heterocycles. The zero-order valence-electron chi connectivity index (χ0n) is 17.0. The lowest BCUT2D eigenvalue weighted by Gasteiger charge is -2.29. The number of likely N-dealkylation sites (tertiary alicyclic amines) is 1. The van der Waals surface area contributed by atoms with Crippen LogP contribution in [0, 0.1) is 17.3 Å². The normalized spacial score (nSPS) is 15.9. The van der Waals surface area contributed by atoms with Crippen molar-refractivity contribution >= 4 is 23.3 Å². The lowest BCUT2D eigenvalue weighted by Crippen LogP contribution is -2.34. The van der Waals surface area contributed by atoms with Crippen molar-refractivity contribution in [3.8, 4) is 28.9 Å². The molecule has 0 radical (unpaired) electrons. The van der Waals surface area contributed by atoms with Gasteiger partial charge in [0.25, 0.3) is 5.91 Å². The molecule has 0 unspecified atom stereocenters. The summed E-state index contributed by atoms with van der Waals surface area (Å²) in [7, 11) is 0. The van der Waals surface area contributed by atoms with E-state index < -0.39 is 11.7 Å². The molecule has 0 saturated carbocycles. The number of carbonyl (C=O) groups is 1. The van der Waals surface area contributed by atoms with Crippen LogP contribution in [0.4, 0.5) is 10.2 Å². The second-order valence-electron chi connectivity index (χ2n) is 7.46. The average Bonchev–Trinajstić information content (AvgIpc) is 3.13. The van der Waals surface area contributed by atoms with Gasteiger partial charge in [-0.15, -0.1) is 0 Å². The van der Waals surface area contributed by atoms with E-state index in [1.54, 1.807) is 33.8 Å². The molecule has 0 spiro atoms. The monoisotopic (exact) mass is 454 g/mol. The average molecular weight is 455 g/mol. The van der Waals surface area contributed by atoms with Gasteiger partial charge in [0.1, 0.15) is 34.4 Å². The molecule has 8 nitrogen and oxygen atoms in total. The largest absolute Gasteiger partial charge is 0.456 e. The molecular weight excluding hydrogens is 435 g/mol. The first-order chi connectivity index (χ1) is 15.4. The first-order valence-electron chi connectivity index (χ1n) is 9.93. The molecule has 2 aromatic carbocycles. The van der Waals surface area contributed by atoms with E-state index in [2.05, 4.69) is 11.3 Å². The van der Waals surface area contributed by atoms with E-state index in [0.717, 1.165) is 12.8 Å². The molecule has 1 aromatic heterocycles. The maximum absolute atomic E-state index is 13.2. The van der Waals surface area contributed by atoms with Gasteiger partial charge in [0.15, 0.2) is 6.19 Å². The topological polar surface area (TPSA) is 123 Å². The van der Waals surface area contributed by atoms with Gasteiger partial charge >= 0.3 is 0 Å². The number of halogens is 2. The number of nitriles is 1. The van der Waals surface area contributed by atoms with Crippen molar-refractivity contribution in [1.82, 2.24) is 14.7 Å². The van der Waals surface area contributed by atoms with E-state index >= 15 is 0 Å². The molecule has 0 aliphatic carbocycles. The van der Waals surface area contributed by atoms with Crippen molar-refractivity contribution in [2.75, 3.05) is 18.8 Å². The number of hydrogen-bond acceptors (Lipinski definition) is 6. The van der Waals surface area contributed by atoms with Crippen LogP contribution in [0.1, 0.15) is 29.2 Å². The molecule has 2 heterocycles. The van der Waals surface area contributed by atoms with E-state index in [1.165, 1.54) is 18.2 Å². The Morgan fingerprint density at radius 2 is 2.03 bits per heavy atom. The Morgan fingerprint density at radius 3 is 2.69 bits per heavy atom. The maximum Gasteiger partial charge on any atom is 0.254 e. The number of hydrogen-bond donors (Lipinski definition) is 2. The van der Waals surface area contributed by atoms with Gasteiger partial charge in [-0.3, -0.25) is 4.79 Å².